The van der Waals surface area contributed by atoms with Crippen LogP contribution in [0.5, 0.6) is 5.75 Å². The normalized spacial score (nSPS) is 14.4. The van der Waals surface area contributed by atoms with Crippen molar-refractivity contribution in [2.24, 2.45) is 0 Å². The van der Waals surface area contributed by atoms with Crippen LogP contribution in [-0.2, 0) is 0 Å². The summed E-state index contributed by atoms with van der Waals surface area (Å²) in [5, 5.41) is 0.699. The van der Waals surface area contributed by atoms with Crippen molar-refractivity contribution in [3.8, 4) is 11.4 Å². The second-order valence-corrected chi connectivity index (χ2v) is 8.05. The Morgan fingerprint density at radius 3 is 2.39 bits per heavy atom. The summed E-state index contributed by atoms with van der Waals surface area (Å²) >= 11 is 1.45. The third kappa shape index (κ3) is 4.54. The van der Waals surface area contributed by atoms with E-state index in [0.717, 1.165) is 36.6 Å². The first-order chi connectivity index (χ1) is 15.1. The van der Waals surface area contributed by atoms with E-state index in [1.165, 1.54) is 23.9 Å². The van der Waals surface area contributed by atoms with E-state index in [1.54, 1.807) is 30.0 Å². The van der Waals surface area contributed by atoms with Gasteiger partial charge >= 0.3 is 0 Å². The summed E-state index contributed by atoms with van der Waals surface area (Å²) in [6.45, 7) is 2.92. The van der Waals surface area contributed by atoms with Gasteiger partial charge in [0.25, 0.3) is 5.91 Å². The molecule has 31 heavy (non-hydrogen) atoms. The minimum Gasteiger partial charge on any atom is -0.497 e. The Hall–Kier alpha value is -3.00. The van der Waals surface area contributed by atoms with Crippen LogP contribution in [-0.4, -0.2) is 59.9 Å². The fourth-order valence-corrected chi connectivity index (χ4v) is 4.35. The maximum absolute atomic E-state index is 13.4. The van der Waals surface area contributed by atoms with Gasteiger partial charge in [0, 0.05) is 37.6 Å². The zero-order valence-electron chi connectivity index (χ0n) is 17.6. The van der Waals surface area contributed by atoms with E-state index in [1.807, 2.05) is 35.4 Å². The highest BCUT2D eigenvalue weighted by Crippen LogP contribution is 2.24. The molecule has 162 valence electrons. The van der Waals surface area contributed by atoms with Gasteiger partial charge in [-0.1, -0.05) is 11.8 Å². The lowest BCUT2D eigenvalue weighted by Crippen LogP contribution is -2.36. The lowest BCUT2D eigenvalue weighted by Gasteiger charge is -2.24. The van der Waals surface area contributed by atoms with Gasteiger partial charge in [0.05, 0.1) is 13.3 Å². The molecular formula is C23H25FN4O2S. The summed E-state index contributed by atoms with van der Waals surface area (Å²) in [5.74, 6) is 0.455. The summed E-state index contributed by atoms with van der Waals surface area (Å²) in [4.78, 5) is 22.0. The number of anilines is 1. The van der Waals surface area contributed by atoms with E-state index in [2.05, 4.69) is 9.88 Å². The molecule has 0 unspecified atom stereocenters. The first-order valence-corrected chi connectivity index (χ1v) is 11.4. The van der Waals surface area contributed by atoms with Gasteiger partial charge in [0.15, 0.2) is 5.16 Å². The average molecular weight is 441 g/mol. The third-order valence-corrected chi connectivity index (χ3v) is 6.09. The van der Waals surface area contributed by atoms with E-state index in [-0.39, 0.29) is 11.7 Å². The molecule has 4 rings (SSSR count). The van der Waals surface area contributed by atoms with Gasteiger partial charge < -0.3 is 14.5 Å². The third-order valence-electron chi connectivity index (χ3n) is 5.44. The highest BCUT2D eigenvalue weighted by Gasteiger charge is 2.25. The number of nitrogens with zero attached hydrogens (tertiary/aromatic N) is 4. The van der Waals surface area contributed by atoms with Crippen molar-refractivity contribution in [1.82, 2.24) is 14.5 Å². The van der Waals surface area contributed by atoms with Gasteiger partial charge in [-0.15, -0.1) is 0 Å². The number of amides is 1. The maximum Gasteiger partial charge on any atom is 0.272 e. The van der Waals surface area contributed by atoms with E-state index < -0.39 is 0 Å². The Bertz CT molecular complexity index is 1040. The number of carbonyl (C=O) groups excluding carboxylic acids is 1. The van der Waals surface area contributed by atoms with E-state index >= 15 is 0 Å². The van der Waals surface area contributed by atoms with Crippen LogP contribution in [0, 0.1) is 5.82 Å². The molecule has 0 spiro atoms. The SMILES string of the molecule is COc1ccc(N2CCCN(C(=O)c3cnc(SC)n3-c3ccc(F)cc3)CC2)cc1. The molecule has 0 N–H and O–H groups in total. The fraction of sp³-hybridized carbons (Fsp3) is 0.304. The number of benzene rings is 2. The lowest BCUT2D eigenvalue weighted by atomic mass is 10.2. The Morgan fingerprint density at radius 1 is 1.00 bits per heavy atom. The molecule has 1 aromatic heterocycles. The molecule has 0 saturated carbocycles. The molecule has 0 aliphatic carbocycles. The highest BCUT2D eigenvalue weighted by atomic mass is 32.2. The summed E-state index contributed by atoms with van der Waals surface area (Å²) in [6, 6.07) is 14.1. The topological polar surface area (TPSA) is 50.6 Å². The van der Waals surface area contributed by atoms with Crippen LogP contribution in [0.2, 0.25) is 0 Å². The first-order valence-electron chi connectivity index (χ1n) is 10.2. The number of hydrogen-bond acceptors (Lipinski definition) is 5. The van der Waals surface area contributed by atoms with Crippen molar-refractivity contribution in [3.05, 3.63) is 66.2 Å². The van der Waals surface area contributed by atoms with Gasteiger partial charge in [-0.3, -0.25) is 9.36 Å². The zero-order valence-corrected chi connectivity index (χ0v) is 18.4. The molecular weight excluding hydrogens is 415 g/mol. The Labute approximate surface area is 185 Å². The summed E-state index contributed by atoms with van der Waals surface area (Å²) in [5.41, 5.74) is 2.34. The number of rotatable bonds is 5. The maximum atomic E-state index is 13.4. The summed E-state index contributed by atoms with van der Waals surface area (Å²) in [7, 11) is 1.66. The van der Waals surface area contributed by atoms with Crippen LogP contribution < -0.4 is 9.64 Å². The quantitative estimate of drug-likeness (QED) is 0.560. The standard InChI is InChI=1S/C23H25FN4O2S/c1-30-20-10-8-18(9-11-20)26-12-3-13-27(15-14-26)22(29)21-16-25-23(31-2)28(21)19-6-4-17(24)5-7-19/h4-11,16H,3,12-15H2,1-2H3. The molecule has 0 bridgehead atoms. The van der Waals surface area contributed by atoms with Crippen LogP contribution in [0.4, 0.5) is 10.1 Å². The molecule has 0 atom stereocenters. The van der Waals surface area contributed by atoms with Crippen molar-refractivity contribution in [3.63, 3.8) is 0 Å². The van der Waals surface area contributed by atoms with Crippen LogP contribution >= 0.6 is 11.8 Å². The lowest BCUT2D eigenvalue weighted by molar-refractivity contribution is 0.0758. The first kappa shape index (κ1) is 21.2. The molecule has 1 aliphatic heterocycles. The van der Waals surface area contributed by atoms with Crippen LogP contribution in [0.15, 0.2) is 59.9 Å². The van der Waals surface area contributed by atoms with Crippen LogP contribution in [0.3, 0.4) is 0 Å². The number of imidazole rings is 1. The van der Waals surface area contributed by atoms with E-state index in [0.29, 0.717) is 23.9 Å². The Kier molecular flexibility index (Phi) is 6.46. The predicted molar refractivity (Wildman–Crippen MR) is 121 cm³/mol. The van der Waals surface area contributed by atoms with Gasteiger partial charge in [-0.05, 0) is 61.2 Å². The van der Waals surface area contributed by atoms with Crippen LogP contribution in [0.1, 0.15) is 16.9 Å². The number of hydrogen-bond donors (Lipinski definition) is 0. The average Bonchev–Trinajstić information content (AvgIpc) is 3.08. The second kappa shape index (κ2) is 9.43. The highest BCUT2D eigenvalue weighted by molar-refractivity contribution is 7.98. The number of carbonyl (C=O) groups is 1. The van der Waals surface area contributed by atoms with Crippen molar-refractivity contribution >= 4 is 23.4 Å². The molecule has 1 fully saturated rings. The molecule has 6 nitrogen and oxygen atoms in total. The number of methoxy groups -OCH3 is 1. The molecule has 8 heteroatoms. The van der Waals surface area contributed by atoms with E-state index in [9.17, 15) is 9.18 Å². The molecule has 1 saturated heterocycles. The minimum absolute atomic E-state index is 0.0614. The smallest absolute Gasteiger partial charge is 0.272 e. The molecule has 0 radical (unpaired) electrons. The number of halogens is 1. The monoisotopic (exact) mass is 440 g/mol. The molecule has 2 heterocycles. The summed E-state index contributed by atoms with van der Waals surface area (Å²) < 4.78 is 20.5. The van der Waals surface area contributed by atoms with Gasteiger partial charge in [-0.25, -0.2) is 9.37 Å². The van der Waals surface area contributed by atoms with Crippen molar-refractivity contribution in [2.45, 2.75) is 11.6 Å². The number of ether oxygens (including phenoxy) is 1. The summed E-state index contributed by atoms with van der Waals surface area (Å²) in [6.07, 6.45) is 4.40. The largest absolute Gasteiger partial charge is 0.497 e. The van der Waals surface area contributed by atoms with E-state index in [4.69, 9.17) is 4.74 Å². The van der Waals surface area contributed by atoms with Crippen molar-refractivity contribution in [2.75, 3.05) is 44.4 Å². The van der Waals surface area contributed by atoms with Crippen molar-refractivity contribution < 1.29 is 13.9 Å². The molecule has 1 aliphatic rings. The fourth-order valence-electron chi connectivity index (χ4n) is 3.80. The minimum atomic E-state index is -0.311. The molecule has 2 aromatic carbocycles. The van der Waals surface area contributed by atoms with Gasteiger partial charge in [0.1, 0.15) is 17.3 Å². The number of thioether (sulfide) groups is 1. The molecule has 3 aromatic rings. The van der Waals surface area contributed by atoms with Gasteiger partial charge in [0.2, 0.25) is 0 Å². The van der Waals surface area contributed by atoms with Gasteiger partial charge in [-0.2, -0.15) is 0 Å². The van der Waals surface area contributed by atoms with Crippen LogP contribution in [0.25, 0.3) is 5.69 Å². The predicted octanol–water partition coefficient (Wildman–Crippen LogP) is 4.09. The number of aromatic nitrogens is 2. The second-order valence-electron chi connectivity index (χ2n) is 7.27. The Morgan fingerprint density at radius 2 is 1.71 bits per heavy atom. The Balaban J connectivity index is 1.53. The van der Waals surface area contributed by atoms with Crippen molar-refractivity contribution in [1.29, 1.82) is 0 Å². The molecule has 1 amide bonds. The zero-order chi connectivity index (χ0) is 21.8.